The van der Waals surface area contributed by atoms with E-state index in [0.29, 0.717) is 6.54 Å². The molecule has 4 aromatic carbocycles. The van der Waals surface area contributed by atoms with E-state index in [1.54, 1.807) is 23.1 Å². The number of nitrogens with one attached hydrogen (secondary N) is 1. The van der Waals surface area contributed by atoms with Crippen LogP contribution >= 0.6 is 0 Å². The maximum Gasteiger partial charge on any atom is 0.245 e. The molecule has 1 N–H and O–H groups in total. The Morgan fingerprint density at radius 1 is 0.765 bits per heavy atom. The number of hydrogen-bond donors (Lipinski definition) is 1. The molecule has 1 aliphatic rings. The highest BCUT2D eigenvalue weighted by atomic mass is 32.2. The van der Waals surface area contributed by atoms with Crippen LogP contribution in [0.25, 0.3) is 11.1 Å². The van der Waals surface area contributed by atoms with Crippen LogP contribution in [0.4, 0.5) is 5.69 Å². The highest BCUT2D eigenvalue weighted by Gasteiger charge is 2.36. The summed E-state index contributed by atoms with van der Waals surface area (Å²) in [4.78, 5) is 15.4. The van der Waals surface area contributed by atoms with Crippen LogP contribution in [0.3, 0.4) is 0 Å². The van der Waals surface area contributed by atoms with Gasteiger partial charge in [-0.2, -0.15) is 4.72 Å². The first-order valence-electron chi connectivity index (χ1n) is 11.1. The van der Waals surface area contributed by atoms with E-state index >= 15 is 0 Å². The first kappa shape index (κ1) is 22.1. The fourth-order valence-corrected chi connectivity index (χ4v) is 5.52. The van der Waals surface area contributed by atoms with Gasteiger partial charge in [0.15, 0.2) is 0 Å². The van der Waals surface area contributed by atoms with Crippen molar-refractivity contribution in [3.63, 3.8) is 0 Å². The second-order valence-electron chi connectivity index (χ2n) is 8.31. The van der Waals surface area contributed by atoms with Crippen molar-refractivity contribution in [3.8, 4) is 11.1 Å². The molecular formula is C28H24N2O3S. The number of carbonyl (C=O) groups excluding carboxylic acids is 1. The number of sulfonamides is 1. The Balaban J connectivity index is 1.53. The van der Waals surface area contributed by atoms with E-state index in [1.165, 1.54) is 12.1 Å². The number of amides is 1. The van der Waals surface area contributed by atoms with Crippen LogP contribution in [0, 0.1) is 0 Å². The van der Waals surface area contributed by atoms with Gasteiger partial charge in [0.1, 0.15) is 6.04 Å². The third-order valence-electron chi connectivity index (χ3n) is 6.00. The molecule has 1 aliphatic heterocycles. The van der Waals surface area contributed by atoms with Gasteiger partial charge in [-0.15, -0.1) is 0 Å². The molecule has 34 heavy (non-hydrogen) atoms. The molecule has 0 saturated heterocycles. The zero-order valence-electron chi connectivity index (χ0n) is 18.5. The predicted molar refractivity (Wildman–Crippen MR) is 134 cm³/mol. The van der Waals surface area contributed by atoms with Crippen LogP contribution in [0.15, 0.2) is 114 Å². The van der Waals surface area contributed by atoms with Gasteiger partial charge in [0.25, 0.3) is 0 Å². The number of rotatable bonds is 6. The standard InChI is InChI=1S/C28H24N2O3S/c31-28-26(29-34(32,33)25-14-8-3-9-15-25)19-24-18-23(22-12-6-2-7-13-22)16-17-27(24)30(28)20-21-10-4-1-5-11-21/h1-18,26,29H,19-20H2. The number of anilines is 1. The highest BCUT2D eigenvalue weighted by Crippen LogP contribution is 2.33. The number of carbonyl (C=O) groups is 1. The Hall–Kier alpha value is -3.74. The Morgan fingerprint density at radius 3 is 2.06 bits per heavy atom. The third-order valence-corrected chi connectivity index (χ3v) is 7.49. The molecule has 1 heterocycles. The summed E-state index contributed by atoms with van der Waals surface area (Å²) < 4.78 is 28.7. The van der Waals surface area contributed by atoms with Crippen LogP contribution < -0.4 is 9.62 Å². The molecule has 0 radical (unpaired) electrons. The normalized spacial score (nSPS) is 15.7. The van der Waals surface area contributed by atoms with Gasteiger partial charge in [0.2, 0.25) is 15.9 Å². The molecule has 170 valence electrons. The van der Waals surface area contributed by atoms with Gasteiger partial charge in [-0.3, -0.25) is 4.79 Å². The van der Waals surface area contributed by atoms with Crippen LogP contribution in [-0.2, 0) is 27.8 Å². The number of benzene rings is 4. The van der Waals surface area contributed by atoms with E-state index in [2.05, 4.69) is 10.8 Å². The van der Waals surface area contributed by atoms with Gasteiger partial charge in [0.05, 0.1) is 11.4 Å². The van der Waals surface area contributed by atoms with E-state index in [1.807, 2.05) is 72.8 Å². The van der Waals surface area contributed by atoms with E-state index in [-0.39, 0.29) is 17.2 Å². The Kier molecular flexibility index (Phi) is 6.01. The Bertz CT molecular complexity index is 1410. The van der Waals surface area contributed by atoms with Gasteiger partial charge in [-0.25, -0.2) is 8.42 Å². The van der Waals surface area contributed by atoms with Crippen molar-refractivity contribution >= 4 is 21.6 Å². The molecule has 6 heteroatoms. The minimum atomic E-state index is -3.85. The molecule has 0 spiro atoms. The minimum absolute atomic E-state index is 0.140. The summed E-state index contributed by atoms with van der Waals surface area (Å²) in [5.41, 5.74) is 4.80. The van der Waals surface area contributed by atoms with Gasteiger partial charge < -0.3 is 4.90 Å². The monoisotopic (exact) mass is 468 g/mol. The van der Waals surface area contributed by atoms with Gasteiger partial charge in [-0.1, -0.05) is 84.9 Å². The van der Waals surface area contributed by atoms with Crippen molar-refractivity contribution in [1.82, 2.24) is 4.72 Å². The van der Waals surface area contributed by atoms with E-state index in [9.17, 15) is 13.2 Å². The van der Waals surface area contributed by atoms with Crippen LogP contribution in [0.1, 0.15) is 11.1 Å². The maximum absolute atomic E-state index is 13.6. The fourth-order valence-electron chi connectivity index (χ4n) is 4.31. The molecule has 5 rings (SSSR count). The largest absolute Gasteiger partial charge is 0.306 e. The zero-order valence-corrected chi connectivity index (χ0v) is 19.3. The van der Waals surface area contributed by atoms with Crippen molar-refractivity contribution in [1.29, 1.82) is 0 Å². The third kappa shape index (κ3) is 4.51. The molecule has 4 aromatic rings. The van der Waals surface area contributed by atoms with Crippen molar-refractivity contribution in [2.45, 2.75) is 23.9 Å². The van der Waals surface area contributed by atoms with Gasteiger partial charge in [0, 0.05) is 5.69 Å². The van der Waals surface area contributed by atoms with Crippen molar-refractivity contribution in [2.24, 2.45) is 0 Å². The highest BCUT2D eigenvalue weighted by molar-refractivity contribution is 7.89. The average molecular weight is 469 g/mol. The Morgan fingerprint density at radius 2 is 1.38 bits per heavy atom. The van der Waals surface area contributed by atoms with Gasteiger partial charge in [-0.05, 0) is 52.9 Å². The summed E-state index contributed by atoms with van der Waals surface area (Å²) in [6.07, 6.45) is 0.284. The summed E-state index contributed by atoms with van der Waals surface area (Å²) in [6, 6.07) is 33.0. The lowest BCUT2D eigenvalue weighted by atomic mass is 9.93. The summed E-state index contributed by atoms with van der Waals surface area (Å²) in [6.45, 7) is 0.362. The van der Waals surface area contributed by atoms with E-state index in [0.717, 1.165) is 27.9 Å². The van der Waals surface area contributed by atoms with Crippen molar-refractivity contribution in [3.05, 3.63) is 120 Å². The Labute approximate surface area is 199 Å². The van der Waals surface area contributed by atoms with Crippen molar-refractivity contribution < 1.29 is 13.2 Å². The average Bonchev–Trinajstić information content (AvgIpc) is 2.88. The maximum atomic E-state index is 13.6. The summed E-state index contributed by atoms with van der Waals surface area (Å²) in [7, 11) is -3.85. The van der Waals surface area contributed by atoms with Crippen LogP contribution in [0.5, 0.6) is 0 Å². The lowest BCUT2D eigenvalue weighted by Gasteiger charge is -2.35. The molecule has 0 aromatic heterocycles. The lowest BCUT2D eigenvalue weighted by Crippen LogP contribution is -2.52. The molecule has 5 nitrogen and oxygen atoms in total. The molecule has 0 aliphatic carbocycles. The summed E-state index contributed by atoms with van der Waals surface area (Å²) in [5.74, 6) is -0.261. The zero-order chi connectivity index (χ0) is 23.5. The van der Waals surface area contributed by atoms with Crippen LogP contribution in [0.2, 0.25) is 0 Å². The SMILES string of the molecule is O=C1C(NS(=O)(=O)c2ccccc2)Cc2cc(-c3ccccc3)ccc2N1Cc1ccccc1. The summed E-state index contributed by atoms with van der Waals surface area (Å²) >= 11 is 0. The second kappa shape index (κ2) is 9.25. The molecule has 1 unspecified atom stereocenters. The van der Waals surface area contributed by atoms with E-state index in [4.69, 9.17) is 0 Å². The predicted octanol–water partition coefficient (Wildman–Crippen LogP) is 4.79. The topological polar surface area (TPSA) is 66.5 Å². The van der Waals surface area contributed by atoms with Crippen molar-refractivity contribution in [2.75, 3.05) is 4.90 Å². The number of fused-ring (bicyclic) bond motifs is 1. The second-order valence-corrected chi connectivity index (χ2v) is 10.0. The van der Waals surface area contributed by atoms with E-state index < -0.39 is 16.1 Å². The number of nitrogens with zero attached hydrogens (tertiary/aromatic N) is 1. The minimum Gasteiger partial charge on any atom is -0.306 e. The molecule has 1 amide bonds. The lowest BCUT2D eigenvalue weighted by molar-refractivity contribution is -0.120. The first-order valence-corrected chi connectivity index (χ1v) is 12.6. The quantitative estimate of drug-likeness (QED) is 0.442. The van der Waals surface area contributed by atoms with Crippen LogP contribution in [-0.4, -0.2) is 20.4 Å². The summed E-state index contributed by atoms with van der Waals surface area (Å²) in [5, 5.41) is 0. The molecule has 0 saturated carbocycles. The fraction of sp³-hybridized carbons (Fsp3) is 0.107. The van der Waals surface area contributed by atoms with Gasteiger partial charge >= 0.3 is 0 Å². The molecule has 0 bridgehead atoms. The molecule has 0 fully saturated rings. The molecule has 1 atom stereocenters. The number of hydrogen-bond acceptors (Lipinski definition) is 3. The first-order chi connectivity index (χ1) is 16.5. The molecular weight excluding hydrogens is 444 g/mol. The smallest absolute Gasteiger partial charge is 0.245 e.